The summed E-state index contributed by atoms with van der Waals surface area (Å²) < 4.78 is 0. The number of nitrogens with one attached hydrogen (secondary N) is 1. The molecule has 4 nitrogen and oxygen atoms in total. The highest BCUT2D eigenvalue weighted by Crippen LogP contribution is 2.08. The van der Waals surface area contributed by atoms with Crippen LogP contribution in [0.2, 0.25) is 0 Å². The second-order valence-electron chi connectivity index (χ2n) is 4.17. The highest BCUT2D eigenvalue weighted by Gasteiger charge is 2.17. The molecule has 1 aliphatic rings. The van der Waals surface area contributed by atoms with Crippen molar-refractivity contribution in [2.45, 2.75) is 25.8 Å². The third-order valence-corrected chi connectivity index (χ3v) is 2.98. The van der Waals surface area contributed by atoms with Crippen molar-refractivity contribution in [3.8, 4) is 0 Å². The molecule has 86 valence electrons. The monoisotopic (exact) mass is 211 g/mol. The van der Waals surface area contributed by atoms with Crippen LogP contribution >= 0.6 is 0 Å². The van der Waals surface area contributed by atoms with Gasteiger partial charge in [-0.2, -0.15) is 0 Å². The Kier molecular flexibility index (Phi) is 4.78. The zero-order valence-electron chi connectivity index (χ0n) is 9.62. The predicted octanol–water partition coefficient (Wildman–Crippen LogP) is 0.102. The summed E-state index contributed by atoms with van der Waals surface area (Å²) in [5.74, 6) is -0.315. The molecule has 0 aromatic rings. The fraction of sp³-hybridized carbons (Fsp3) is 0.727. The Labute approximate surface area is 91.5 Å². The van der Waals surface area contributed by atoms with Gasteiger partial charge in [-0.1, -0.05) is 6.08 Å². The van der Waals surface area contributed by atoms with E-state index in [1.165, 1.54) is 0 Å². The Morgan fingerprint density at radius 1 is 1.67 bits per heavy atom. The Morgan fingerprint density at radius 3 is 3.00 bits per heavy atom. The SMILES string of the molecule is CC(=CCCC1CNCCN1C)C(N)=O. The number of likely N-dealkylation sites (N-methyl/N-ethyl adjacent to an activating group) is 1. The lowest BCUT2D eigenvalue weighted by Crippen LogP contribution is -2.49. The largest absolute Gasteiger partial charge is 0.366 e. The minimum absolute atomic E-state index is 0.315. The maximum absolute atomic E-state index is 10.8. The standard InChI is InChI=1S/C11H21N3O/c1-9(11(12)15)4-3-5-10-8-13-6-7-14(10)2/h4,10,13H,3,5-8H2,1-2H3,(H2,12,15). The van der Waals surface area contributed by atoms with Gasteiger partial charge in [0.05, 0.1) is 0 Å². The van der Waals surface area contributed by atoms with Gasteiger partial charge in [0.2, 0.25) is 5.91 Å². The average Bonchev–Trinajstić information content (AvgIpc) is 2.20. The van der Waals surface area contributed by atoms with Crippen LogP contribution < -0.4 is 11.1 Å². The van der Waals surface area contributed by atoms with Crippen LogP contribution in [0.5, 0.6) is 0 Å². The molecule has 0 aliphatic carbocycles. The zero-order valence-corrected chi connectivity index (χ0v) is 9.62. The summed E-state index contributed by atoms with van der Waals surface area (Å²) in [6.07, 6.45) is 3.93. The quantitative estimate of drug-likeness (QED) is 0.649. The fourth-order valence-electron chi connectivity index (χ4n) is 1.78. The number of nitrogens with zero attached hydrogens (tertiary/aromatic N) is 1. The fourth-order valence-corrected chi connectivity index (χ4v) is 1.78. The van der Waals surface area contributed by atoms with Crippen molar-refractivity contribution >= 4 is 5.91 Å². The van der Waals surface area contributed by atoms with E-state index in [-0.39, 0.29) is 5.91 Å². The van der Waals surface area contributed by atoms with Crippen LogP contribution in [0.3, 0.4) is 0 Å². The molecule has 1 atom stereocenters. The first-order valence-electron chi connectivity index (χ1n) is 5.48. The second kappa shape index (κ2) is 5.88. The third-order valence-electron chi connectivity index (χ3n) is 2.98. The lowest BCUT2D eigenvalue weighted by Gasteiger charge is -2.32. The predicted molar refractivity (Wildman–Crippen MR) is 61.5 cm³/mol. The molecule has 1 fully saturated rings. The van der Waals surface area contributed by atoms with Gasteiger partial charge in [0.15, 0.2) is 0 Å². The van der Waals surface area contributed by atoms with Gasteiger partial charge in [0.1, 0.15) is 0 Å². The number of carbonyl (C=O) groups is 1. The van der Waals surface area contributed by atoms with Gasteiger partial charge in [-0.25, -0.2) is 0 Å². The molecule has 4 heteroatoms. The number of hydrogen-bond acceptors (Lipinski definition) is 3. The van der Waals surface area contributed by atoms with Crippen LogP contribution in [0.1, 0.15) is 19.8 Å². The number of allylic oxidation sites excluding steroid dienone is 1. The van der Waals surface area contributed by atoms with E-state index in [2.05, 4.69) is 17.3 Å². The van der Waals surface area contributed by atoms with Gasteiger partial charge < -0.3 is 16.0 Å². The molecule has 1 rings (SSSR count). The van der Waals surface area contributed by atoms with Crippen molar-refractivity contribution < 1.29 is 4.79 Å². The average molecular weight is 211 g/mol. The molecular formula is C11H21N3O. The maximum atomic E-state index is 10.8. The summed E-state index contributed by atoms with van der Waals surface area (Å²) in [6, 6.07) is 0.579. The Bertz CT molecular complexity index is 250. The number of primary amides is 1. The highest BCUT2D eigenvalue weighted by atomic mass is 16.1. The Morgan fingerprint density at radius 2 is 2.40 bits per heavy atom. The van der Waals surface area contributed by atoms with Crippen LogP contribution in [-0.2, 0) is 4.79 Å². The van der Waals surface area contributed by atoms with Gasteiger partial charge in [-0.3, -0.25) is 4.79 Å². The van der Waals surface area contributed by atoms with Gasteiger partial charge in [-0.15, -0.1) is 0 Å². The number of piperazine rings is 1. The van der Waals surface area contributed by atoms with E-state index >= 15 is 0 Å². The number of nitrogens with two attached hydrogens (primary N) is 1. The molecule has 0 aromatic heterocycles. The van der Waals surface area contributed by atoms with E-state index < -0.39 is 0 Å². The van der Waals surface area contributed by atoms with Gasteiger partial charge in [0, 0.05) is 31.2 Å². The second-order valence-corrected chi connectivity index (χ2v) is 4.17. The summed E-state index contributed by atoms with van der Waals surface area (Å²) in [5.41, 5.74) is 5.82. The molecule has 1 heterocycles. The summed E-state index contributed by atoms with van der Waals surface area (Å²) in [4.78, 5) is 13.1. The van der Waals surface area contributed by atoms with Gasteiger partial charge in [0.25, 0.3) is 0 Å². The summed E-state index contributed by atoms with van der Waals surface area (Å²) in [6.45, 7) is 4.98. The van der Waals surface area contributed by atoms with Crippen LogP contribution in [0.4, 0.5) is 0 Å². The van der Waals surface area contributed by atoms with Crippen LogP contribution in [-0.4, -0.2) is 43.5 Å². The van der Waals surface area contributed by atoms with Crippen molar-refractivity contribution in [1.29, 1.82) is 0 Å². The van der Waals surface area contributed by atoms with E-state index in [0.29, 0.717) is 11.6 Å². The minimum atomic E-state index is -0.315. The smallest absolute Gasteiger partial charge is 0.244 e. The Balaban J connectivity index is 2.30. The molecule has 0 aromatic carbocycles. The summed E-state index contributed by atoms with van der Waals surface area (Å²) >= 11 is 0. The lowest BCUT2D eigenvalue weighted by atomic mass is 10.1. The first kappa shape index (κ1) is 12.2. The molecular weight excluding hydrogens is 190 g/mol. The Hall–Kier alpha value is -0.870. The third kappa shape index (κ3) is 4.01. The molecule has 0 spiro atoms. The molecule has 1 amide bonds. The maximum Gasteiger partial charge on any atom is 0.244 e. The first-order valence-corrected chi connectivity index (χ1v) is 5.48. The number of carbonyl (C=O) groups excluding carboxylic acids is 1. The van der Waals surface area contributed by atoms with E-state index in [4.69, 9.17) is 5.73 Å². The molecule has 0 saturated carbocycles. The van der Waals surface area contributed by atoms with E-state index in [0.717, 1.165) is 32.5 Å². The minimum Gasteiger partial charge on any atom is -0.366 e. The molecule has 0 bridgehead atoms. The number of amides is 1. The van der Waals surface area contributed by atoms with E-state index in [1.807, 2.05) is 6.08 Å². The van der Waals surface area contributed by atoms with Crippen LogP contribution in [0, 0.1) is 0 Å². The molecule has 15 heavy (non-hydrogen) atoms. The molecule has 1 saturated heterocycles. The van der Waals surface area contributed by atoms with Crippen molar-refractivity contribution in [3.05, 3.63) is 11.6 Å². The molecule has 1 unspecified atom stereocenters. The molecule has 0 radical (unpaired) electrons. The molecule has 1 aliphatic heterocycles. The van der Waals surface area contributed by atoms with E-state index in [1.54, 1.807) is 6.92 Å². The van der Waals surface area contributed by atoms with Crippen LogP contribution in [0.15, 0.2) is 11.6 Å². The first-order chi connectivity index (χ1) is 7.11. The van der Waals surface area contributed by atoms with Crippen LogP contribution in [0.25, 0.3) is 0 Å². The lowest BCUT2D eigenvalue weighted by molar-refractivity contribution is -0.114. The van der Waals surface area contributed by atoms with E-state index in [9.17, 15) is 4.79 Å². The normalized spacial score (nSPS) is 24.1. The van der Waals surface area contributed by atoms with Gasteiger partial charge in [-0.05, 0) is 26.8 Å². The van der Waals surface area contributed by atoms with Crippen molar-refractivity contribution in [2.24, 2.45) is 5.73 Å². The summed E-state index contributed by atoms with van der Waals surface area (Å²) in [7, 11) is 2.15. The number of rotatable bonds is 4. The van der Waals surface area contributed by atoms with Crippen molar-refractivity contribution in [2.75, 3.05) is 26.7 Å². The van der Waals surface area contributed by atoms with Crippen molar-refractivity contribution in [1.82, 2.24) is 10.2 Å². The topological polar surface area (TPSA) is 58.4 Å². The van der Waals surface area contributed by atoms with Gasteiger partial charge >= 0.3 is 0 Å². The zero-order chi connectivity index (χ0) is 11.3. The number of hydrogen-bond donors (Lipinski definition) is 2. The summed E-state index contributed by atoms with van der Waals surface area (Å²) in [5, 5.41) is 3.37. The highest BCUT2D eigenvalue weighted by molar-refractivity contribution is 5.91. The van der Waals surface area contributed by atoms with Crippen molar-refractivity contribution in [3.63, 3.8) is 0 Å². The molecule has 3 N–H and O–H groups in total.